The van der Waals surface area contributed by atoms with Gasteiger partial charge in [0.25, 0.3) is 0 Å². The molecule has 138 valence electrons. The monoisotopic (exact) mass is 346 g/mol. The Hall–Kier alpha value is -1.59. The Morgan fingerprint density at radius 2 is 1.96 bits per heavy atom. The molecule has 25 heavy (non-hydrogen) atoms. The van der Waals surface area contributed by atoms with Crippen molar-refractivity contribution in [3.63, 3.8) is 0 Å². The Bertz CT molecular complexity index is 532. The summed E-state index contributed by atoms with van der Waals surface area (Å²) in [4.78, 5) is 14.8. The van der Waals surface area contributed by atoms with Gasteiger partial charge in [0.1, 0.15) is 5.75 Å². The third kappa shape index (κ3) is 4.95. The fourth-order valence-corrected chi connectivity index (χ4v) is 3.90. The maximum atomic E-state index is 12.6. The number of carbonyl (C=O) groups is 1. The molecule has 1 aromatic rings. The zero-order chi connectivity index (χ0) is 17.5. The summed E-state index contributed by atoms with van der Waals surface area (Å²) in [6.45, 7) is 3.31. The number of nitrogens with one attached hydrogen (secondary N) is 1. The number of hydrogen-bond donors (Lipinski definition) is 1. The topological polar surface area (TPSA) is 50.8 Å². The van der Waals surface area contributed by atoms with Crippen molar-refractivity contribution in [3.8, 4) is 5.75 Å². The molecule has 2 saturated heterocycles. The van der Waals surface area contributed by atoms with Crippen LogP contribution in [0.5, 0.6) is 5.75 Å². The lowest BCUT2D eigenvalue weighted by Gasteiger charge is -2.28. The van der Waals surface area contributed by atoms with Gasteiger partial charge in [-0.2, -0.15) is 0 Å². The van der Waals surface area contributed by atoms with Crippen LogP contribution in [0.15, 0.2) is 24.3 Å². The van der Waals surface area contributed by atoms with Gasteiger partial charge < -0.3 is 19.7 Å². The van der Waals surface area contributed by atoms with E-state index in [1.165, 1.54) is 12.0 Å². The van der Waals surface area contributed by atoms with E-state index in [1.807, 2.05) is 12.1 Å². The van der Waals surface area contributed by atoms with Crippen LogP contribution in [0.25, 0.3) is 0 Å². The van der Waals surface area contributed by atoms with Gasteiger partial charge in [-0.15, -0.1) is 0 Å². The zero-order valence-electron chi connectivity index (χ0n) is 15.2. The molecule has 2 unspecified atom stereocenters. The second-order valence-electron chi connectivity index (χ2n) is 7.02. The molecule has 1 N–H and O–H groups in total. The number of benzene rings is 1. The summed E-state index contributed by atoms with van der Waals surface area (Å²) in [7, 11) is 1.71. The first kappa shape index (κ1) is 18.2. The Balaban J connectivity index is 1.38. The summed E-state index contributed by atoms with van der Waals surface area (Å²) in [5.74, 6) is 1.17. The largest absolute Gasteiger partial charge is 0.494 e. The van der Waals surface area contributed by atoms with Crippen LogP contribution in [-0.2, 0) is 16.0 Å². The molecule has 0 aromatic heterocycles. The van der Waals surface area contributed by atoms with Crippen LogP contribution in [-0.4, -0.2) is 56.3 Å². The molecule has 5 nitrogen and oxygen atoms in total. The van der Waals surface area contributed by atoms with E-state index < -0.39 is 0 Å². The van der Waals surface area contributed by atoms with Crippen molar-refractivity contribution < 1.29 is 14.3 Å². The molecular formula is C20H30N2O3. The molecule has 1 aromatic carbocycles. The first-order chi connectivity index (χ1) is 12.3. The molecule has 3 rings (SSSR count). The predicted octanol–water partition coefficient (Wildman–Crippen LogP) is 2.39. The number of nitrogens with zero attached hydrogens (tertiary/aromatic N) is 1. The van der Waals surface area contributed by atoms with Gasteiger partial charge in [-0.1, -0.05) is 12.1 Å². The van der Waals surface area contributed by atoms with Gasteiger partial charge in [0.2, 0.25) is 5.91 Å². The molecule has 2 fully saturated rings. The van der Waals surface area contributed by atoms with Crippen LogP contribution >= 0.6 is 0 Å². The summed E-state index contributed by atoms with van der Waals surface area (Å²) in [6, 6.07) is 8.98. The molecule has 2 atom stereocenters. The fraction of sp³-hybridized carbons (Fsp3) is 0.650. The molecule has 5 heteroatoms. The van der Waals surface area contributed by atoms with E-state index in [9.17, 15) is 4.79 Å². The first-order valence-electron chi connectivity index (χ1n) is 9.50. The molecule has 0 saturated carbocycles. The van der Waals surface area contributed by atoms with E-state index in [4.69, 9.17) is 9.47 Å². The Labute approximate surface area is 150 Å². The first-order valence-corrected chi connectivity index (χ1v) is 9.50. The summed E-state index contributed by atoms with van der Waals surface area (Å²) in [5, 5.41) is 3.44. The van der Waals surface area contributed by atoms with Crippen LogP contribution in [0.1, 0.15) is 37.7 Å². The molecular weight excluding hydrogens is 316 g/mol. The van der Waals surface area contributed by atoms with Crippen molar-refractivity contribution in [2.75, 3.05) is 33.4 Å². The third-order valence-electron chi connectivity index (χ3n) is 5.26. The van der Waals surface area contributed by atoms with Crippen molar-refractivity contribution >= 4 is 5.91 Å². The second-order valence-corrected chi connectivity index (χ2v) is 7.02. The standard InChI is InChI=1S/C20H30N2O3/c1-24-14-11-16-4-8-19(9-5-16)25-13-2-3-20(23)22-17-6-7-18(22)15-21-12-10-17/h4-5,8-9,17-18,21H,2-3,6-7,10-15H2,1H3. The third-order valence-corrected chi connectivity index (χ3v) is 5.26. The van der Waals surface area contributed by atoms with E-state index >= 15 is 0 Å². The van der Waals surface area contributed by atoms with Crippen LogP contribution in [0.3, 0.4) is 0 Å². The van der Waals surface area contributed by atoms with E-state index in [-0.39, 0.29) is 0 Å². The van der Waals surface area contributed by atoms with Crippen LogP contribution in [0.4, 0.5) is 0 Å². The lowest BCUT2D eigenvalue weighted by molar-refractivity contribution is -0.134. The van der Waals surface area contributed by atoms with E-state index in [0.717, 1.165) is 51.1 Å². The van der Waals surface area contributed by atoms with Gasteiger partial charge in [0.05, 0.1) is 13.2 Å². The molecule has 0 radical (unpaired) electrons. The average Bonchev–Trinajstić information content (AvgIpc) is 2.90. The van der Waals surface area contributed by atoms with Crippen molar-refractivity contribution in [2.45, 2.75) is 50.6 Å². The number of amides is 1. The maximum Gasteiger partial charge on any atom is 0.223 e. The molecule has 2 bridgehead atoms. The molecule has 0 spiro atoms. The number of methoxy groups -OCH3 is 1. The summed E-state index contributed by atoms with van der Waals surface area (Å²) < 4.78 is 10.9. The highest BCUT2D eigenvalue weighted by atomic mass is 16.5. The number of fused-ring (bicyclic) bond motifs is 2. The molecule has 2 aliphatic rings. The maximum absolute atomic E-state index is 12.6. The lowest BCUT2D eigenvalue weighted by atomic mass is 10.1. The van der Waals surface area contributed by atoms with Gasteiger partial charge in [-0.3, -0.25) is 4.79 Å². The summed E-state index contributed by atoms with van der Waals surface area (Å²) in [5.41, 5.74) is 1.25. The fourth-order valence-electron chi connectivity index (χ4n) is 3.90. The van der Waals surface area contributed by atoms with Gasteiger partial charge >= 0.3 is 0 Å². The number of hydrogen-bond acceptors (Lipinski definition) is 4. The van der Waals surface area contributed by atoms with Crippen LogP contribution in [0, 0.1) is 0 Å². The highest BCUT2D eigenvalue weighted by Crippen LogP contribution is 2.28. The molecule has 1 amide bonds. The summed E-state index contributed by atoms with van der Waals surface area (Å²) in [6.07, 6.45) is 5.68. The van der Waals surface area contributed by atoms with Crippen molar-refractivity contribution in [2.24, 2.45) is 0 Å². The number of carbonyl (C=O) groups excluding carboxylic acids is 1. The van der Waals surface area contributed by atoms with E-state index in [1.54, 1.807) is 7.11 Å². The van der Waals surface area contributed by atoms with Crippen molar-refractivity contribution in [3.05, 3.63) is 29.8 Å². The van der Waals surface area contributed by atoms with Crippen molar-refractivity contribution in [1.29, 1.82) is 0 Å². The normalized spacial score (nSPS) is 22.7. The minimum Gasteiger partial charge on any atom is -0.494 e. The minimum atomic E-state index is 0.301. The Morgan fingerprint density at radius 1 is 1.16 bits per heavy atom. The van der Waals surface area contributed by atoms with Crippen LogP contribution < -0.4 is 10.1 Å². The highest BCUT2D eigenvalue weighted by Gasteiger charge is 2.37. The van der Waals surface area contributed by atoms with Gasteiger partial charge in [-0.25, -0.2) is 0 Å². The SMILES string of the molecule is COCCc1ccc(OCCCC(=O)N2C3CCNCC2CC3)cc1. The minimum absolute atomic E-state index is 0.301. The zero-order valence-corrected chi connectivity index (χ0v) is 15.2. The van der Waals surface area contributed by atoms with Crippen molar-refractivity contribution in [1.82, 2.24) is 10.2 Å². The van der Waals surface area contributed by atoms with E-state index in [0.29, 0.717) is 31.0 Å². The second kappa shape index (κ2) is 9.20. The quantitative estimate of drug-likeness (QED) is 0.735. The average molecular weight is 346 g/mol. The summed E-state index contributed by atoms with van der Waals surface area (Å²) >= 11 is 0. The number of ether oxygens (including phenoxy) is 2. The Morgan fingerprint density at radius 3 is 2.76 bits per heavy atom. The molecule has 0 aliphatic carbocycles. The van der Waals surface area contributed by atoms with E-state index in [2.05, 4.69) is 22.3 Å². The van der Waals surface area contributed by atoms with Gasteiger partial charge in [-0.05, 0) is 56.3 Å². The predicted molar refractivity (Wildman–Crippen MR) is 97.9 cm³/mol. The highest BCUT2D eigenvalue weighted by molar-refractivity contribution is 5.77. The molecule has 2 aliphatic heterocycles. The Kier molecular flexibility index (Phi) is 6.70. The number of rotatable bonds is 8. The van der Waals surface area contributed by atoms with Gasteiger partial charge in [0.15, 0.2) is 0 Å². The van der Waals surface area contributed by atoms with Gasteiger partial charge in [0, 0.05) is 32.2 Å². The van der Waals surface area contributed by atoms with Crippen LogP contribution in [0.2, 0.25) is 0 Å². The lowest BCUT2D eigenvalue weighted by Crippen LogP contribution is -2.42. The smallest absolute Gasteiger partial charge is 0.223 e. The molecule has 2 heterocycles.